The number of hydrogen-bond donors (Lipinski definition) is 2. The number of nitrogens with two attached hydrogens (primary N) is 1. The number of likely N-dealkylation sites (N-methyl/N-ethyl adjacent to an activating group) is 1. The molecule has 102 valence electrons. The monoisotopic (exact) mass is 251 g/mol. The molecule has 1 atom stereocenters. The second-order valence-corrected chi connectivity index (χ2v) is 5.15. The molecule has 0 aliphatic rings. The van der Waals surface area contributed by atoms with Crippen molar-refractivity contribution >= 4 is 0 Å². The minimum Gasteiger partial charge on any atom is -0.494 e. The van der Waals surface area contributed by atoms with Gasteiger partial charge in [-0.1, -0.05) is 12.1 Å². The summed E-state index contributed by atoms with van der Waals surface area (Å²) in [4.78, 5) is 2.16. The first kappa shape index (κ1) is 15.0. The topological polar surface area (TPSA) is 50.5 Å². The standard InChI is InChI=1S/C14H25N3O/c1-6-18-12-9-7-11(8-10-12)13(16-15)14(2,3)17(4)5/h7-10,13,16H,6,15H2,1-5H3. The predicted molar refractivity (Wildman–Crippen MR) is 75.4 cm³/mol. The summed E-state index contributed by atoms with van der Waals surface area (Å²) in [7, 11) is 4.11. The summed E-state index contributed by atoms with van der Waals surface area (Å²) in [5.74, 6) is 6.61. The summed E-state index contributed by atoms with van der Waals surface area (Å²) >= 11 is 0. The lowest BCUT2D eigenvalue weighted by Gasteiger charge is -2.40. The van der Waals surface area contributed by atoms with E-state index in [4.69, 9.17) is 10.6 Å². The van der Waals surface area contributed by atoms with Crippen molar-refractivity contribution < 1.29 is 4.74 Å². The fourth-order valence-electron chi connectivity index (χ4n) is 1.89. The van der Waals surface area contributed by atoms with Crippen LogP contribution in [0.15, 0.2) is 24.3 Å². The van der Waals surface area contributed by atoms with Crippen LogP contribution in [0, 0.1) is 0 Å². The Labute approximate surface area is 110 Å². The van der Waals surface area contributed by atoms with Crippen LogP contribution >= 0.6 is 0 Å². The molecular weight excluding hydrogens is 226 g/mol. The number of rotatable bonds is 6. The summed E-state index contributed by atoms with van der Waals surface area (Å²) in [6.07, 6.45) is 0. The predicted octanol–water partition coefficient (Wildman–Crippen LogP) is 1.93. The molecule has 1 aromatic carbocycles. The van der Waals surface area contributed by atoms with Crippen LogP contribution in [-0.4, -0.2) is 31.1 Å². The van der Waals surface area contributed by atoms with Crippen molar-refractivity contribution in [2.75, 3.05) is 20.7 Å². The van der Waals surface area contributed by atoms with Crippen LogP contribution in [0.25, 0.3) is 0 Å². The minimum absolute atomic E-state index is 0.0585. The van der Waals surface area contributed by atoms with E-state index in [0.29, 0.717) is 6.61 Å². The average Bonchev–Trinajstić information content (AvgIpc) is 2.32. The molecule has 18 heavy (non-hydrogen) atoms. The highest BCUT2D eigenvalue weighted by Crippen LogP contribution is 2.29. The van der Waals surface area contributed by atoms with Gasteiger partial charge in [0.05, 0.1) is 12.6 Å². The van der Waals surface area contributed by atoms with Gasteiger partial charge in [0.1, 0.15) is 5.75 Å². The summed E-state index contributed by atoms with van der Waals surface area (Å²) in [6, 6.07) is 8.13. The highest BCUT2D eigenvalue weighted by molar-refractivity contribution is 5.30. The molecule has 0 bridgehead atoms. The lowest BCUT2D eigenvalue weighted by molar-refractivity contribution is 0.138. The summed E-state index contributed by atoms with van der Waals surface area (Å²) < 4.78 is 5.45. The number of benzene rings is 1. The van der Waals surface area contributed by atoms with Crippen LogP contribution in [0.4, 0.5) is 0 Å². The zero-order valence-electron chi connectivity index (χ0n) is 12.0. The molecule has 1 rings (SSSR count). The quantitative estimate of drug-likeness (QED) is 0.599. The van der Waals surface area contributed by atoms with Gasteiger partial charge in [0.15, 0.2) is 0 Å². The molecule has 0 radical (unpaired) electrons. The molecule has 0 heterocycles. The van der Waals surface area contributed by atoms with E-state index in [1.807, 2.05) is 19.1 Å². The number of hydrogen-bond acceptors (Lipinski definition) is 4. The Kier molecular flexibility index (Phi) is 5.14. The zero-order valence-corrected chi connectivity index (χ0v) is 12.0. The van der Waals surface area contributed by atoms with E-state index in [9.17, 15) is 0 Å². The van der Waals surface area contributed by atoms with Crippen molar-refractivity contribution in [3.05, 3.63) is 29.8 Å². The summed E-state index contributed by atoms with van der Waals surface area (Å²) in [5, 5.41) is 0. The van der Waals surface area contributed by atoms with E-state index in [2.05, 4.69) is 50.4 Å². The van der Waals surface area contributed by atoms with Crippen LogP contribution < -0.4 is 16.0 Å². The Balaban J connectivity index is 2.95. The molecule has 0 aliphatic carbocycles. The first-order chi connectivity index (χ1) is 8.43. The van der Waals surface area contributed by atoms with Crippen molar-refractivity contribution in [1.29, 1.82) is 0 Å². The van der Waals surface area contributed by atoms with Crippen LogP contribution in [0.1, 0.15) is 32.4 Å². The van der Waals surface area contributed by atoms with Gasteiger partial charge in [0.25, 0.3) is 0 Å². The molecule has 0 saturated heterocycles. The van der Waals surface area contributed by atoms with Gasteiger partial charge in [-0.25, -0.2) is 0 Å². The third-order valence-corrected chi connectivity index (χ3v) is 3.55. The van der Waals surface area contributed by atoms with Crippen LogP contribution in [0.5, 0.6) is 5.75 Å². The van der Waals surface area contributed by atoms with Gasteiger partial charge in [-0.05, 0) is 52.6 Å². The molecule has 0 aromatic heterocycles. The molecule has 0 aliphatic heterocycles. The molecule has 0 amide bonds. The van der Waals surface area contributed by atoms with Crippen LogP contribution in [-0.2, 0) is 0 Å². The minimum atomic E-state index is -0.0815. The molecule has 1 aromatic rings. The van der Waals surface area contributed by atoms with Crippen molar-refractivity contribution in [2.24, 2.45) is 5.84 Å². The maximum atomic E-state index is 5.72. The Morgan fingerprint density at radius 1 is 1.28 bits per heavy atom. The zero-order chi connectivity index (χ0) is 13.8. The van der Waals surface area contributed by atoms with Gasteiger partial charge in [0, 0.05) is 5.54 Å². The van der Waals surface area contributed by atoms with E-state index in [1.165, 1.54) is 0 Å². The van der Waals surface area contributed by atoms with E-state index < -0.39 is 0 Å². The fourth-order valence-corrected chi connectivity index (χ4v) is 1.89. The smallest absolute Gasteiger partial charge is 0.119 e. The average molecular weight is 251 g/mol. The second-order valence-electron chi connectivity index (χ2n) is 5.15. The van der Waals surface area contributed by atoms with E-state index in [1.54, 1.807) is 0 Å². The molecule has 0 fully saturated rings. The highest BCUT2D eigenvalue weighted by Gasteiger charge is 2.31. The summed E-state index contributed by atoms with van der Waals surface area (Å²) in [6.45, 7) is 6.98. The van der Waals surface area contributed by atoms with Gasteiger partial charge in [-0.15, -0.1) is 0 Å². The van der Waals surface area contributed by atoms with Gasteiger partial charge >= 0.3 is 0 Å². The number of ether oxygens (including phenoxy) is 1. The van der Waals surface area contributed by atoms with Crippen molar-refractivity contribution in [2.45, 2.75) is 32.4 Å². The lowest BCUT2D eigenvalue weighted by Crippen LogP contribution is -2.51. The van der Waals surface area contributed by atoms with Gasteiger partial charge in [-0.2, -0.15) is 0 Å². The van der Waals surface area contributed by atoms with E-state index in [-0.39, 0.29) is 11.6 Å². The number of nitrogens with one attached hydrogen (secondary N) is 1. The van der Waals surface area contributed by atoms with Crippen molar-refractivity contribution in [1.82, 2.24) is 10.3 Å². The molecule has 1 unspecified atom stereocenters. The number of nitrogens with zero attached hydrogens (tertiary/aromatic N) is 1. The van der Waals surface area contributed by atoms with Crippen molar-refractivity contribution in [3.63, 3.8) is 0 Å². The lowest BCUT2D eigenvalue weighted by atomic mass is 9.88. The van der Waals surface area contributed by atoms with Gasteiger partial charge < -0.3 is 9.64 Å². The molecular formula is C14H25N3O. The number of hydrazine groups is 1. The Morgan fingerprint density at radius 3 is 2.22 bits per heavy atom. The molecule has 0 saturated carbocycles. The van der Waals surface area contributed by atoms with Gasteiger partial charge in [-0.3, -0.25) is 11.3 Å². The Bertz CT molecular complexity index is 360. The largest absolute Gasteiger partial charge is 0.494 e. The third kappa shape index (κ3) is 3.22. The maximum Gasteiger partial charge on any atom is 0.119 e. The normalized spacial score (nSPS) is 13.7. The summed E-state index contributed by atoms with van der Waals surface area (Å²) in [5.41, 5.74) is 3.98. The first-order valence-electron chi connectivity index (χ1n) is 6.29. The Morgan fingerprint density at radius 2 is 1.83 bits per heavy atom. The maximum absolute atomic E-state index is 5.72. The van der Waals surface area contributed by atoms with Gasteiger partial charge in [0.2, 0.25) is 0 Å². The van der Waals surface area contributed by atoms with Crippen LogP contribution in [0.2, 0.25) is 0 Å². The SMILES string of the molecule is CCOc1ccc(C(NN)C(C)(C)N(C)C)cc1. The molecule has 4 nitrogen and oxygen atoms in total. The highest BCUT2D eigenvalue weighted by atomic mass is 16.5. The van der Waals surface area contributed by atoms with Crippen LogP contribution in [0.3, 0.4) is 0 Å². The fraction of sp³-hybridized carbons (Fsp3) is 0.571. The van der Waals surface area contributed by atoms with E-state index >= 15 is 0 Å². The third-order valence-electron chi connectivity index (χ3n) is 3.55. The molecule has 3 N–H and O–H groups in total. The Hall–Kier alpha value is -1.10. The second kappa shape index (κ2) is 6.18. The molecule has 4 heteroatoms. The van der Waals surface area contributed by atoms with E-state index in [0.717, 1.165) is 11.3 Å². The van der Waals surface area contributed by atoms with Crippen molar-refractivity contribution in [3.8, 4) is 5.75 Å². The first-order valence-corrected chi connectivity index (χ1v) is 6.29. The molecule has 0 spiro atoms.